The number of carbonyl (C=O) groups is 1. The van der Waals surface area contributed by atoms with Crippen molar-refractivity contribution in [3.8, 4) is 11.4 Å². The lowest BCUT2D eigenvalue weighted by Gasteiger charge is -2.20. The van der Waals surface area contributed by atoms with Crippen molar-refractivity contribution in [2.24, 2.45) is 0 Å². The Bertz CT molecular complexity index is 1220. The van der Waals surface area contributed by atoms with Crippen LogP contribution in [0.1, 0.15) is 9.67 Å². The van der Waals surface area contributed by atoms with Crippen LogP contribution in [0.25, 0.3) is 5.69 Å². The minimum Gasteiger partial charge on any atom is -0.490 e. The van der Waals surface area contributed by atoms with E-state index in [-0.39, 0.29) is 11.5 Å². The van der Waals surface area contributed by atoms with Gasteiger partial charge < -0.3 is 20.8 Å². The first-order valence-electron chi connectivity index (χ1n) is 10.2. The number of hydrogen-bond donors (Lipinski definition) is 4. The average molecular weight is 487 g/mol. The fourth-order valence-electron chi connectivity index (χ4n) is 3.14. The molecule has 1 aliphatic heterocycles. The highest BCUT2D eigenvalue weighted by molar-refractivity contribution is 7.18. The Morgan fingerprint density at radius 3 is 2.85 bits per heavy atom. The number of anilines is 1. The van der Waals surface area contributed by atoms with Gasteiger partial charge in [-0.3, -0.25) is 19.2 Å². The maximum absolute atomic E-state index is 12.3. The van der Waals surface area contributed by atoms with E-state index in [0.717, 1.165) is 11.4 Å². The lowest BCUT2D eigenvalue weighted by molar-refractivity contribution is 0.0960. The summed E-state index contributed by atoms with van der Waals surface area (Å²) in [4.78, 5) is 25.1. The lowest BCUT2D eigenvalue weighted by atomic mass is 10.2. The molecule has 172 valence electrons. The zero-order chi connectivity index (χ0) is 23.2. The summed E-state index contributed by atoms with van der Waals surface area (Å²) in [5, 5.41) is 7.67. The quantitative estimate of drug-likeness (QED) is 0.344. The van der Waals surface area contributed by atoms with E-state index in [4.69, 9.17) is 16.3 Å². The van der Waals surface area contributed by atoms with Gasteiger partial charge in [0.05, 0.1) is 27.1 Å². The molecule has 9 nitrogen and oxygen atoms in total. The minimum atomic E-state index is -0.193. The molecular weight excluding hydrogens is 464 g/mol. The number of nitrogens with one attached hydrogen (secondary N) is 4. The van der Waals surface area contributed by atoms with E-state index in [1.165, 1.54) is 17.4 Å². The van der Waals surface area contributed by atoms with Gasteiger partial charge in [-0.2, -0.15) is 0 Å². The average Bonchev–Trinajstić information content (AvgIpc) is 3.47. The molecule has 0 aliphatic carbocycles. The molecule has 1 aliphatic rings. The van der Waals surface area contributed by atoms with Crippen LogP contribution in [0, 0.1) is 0 Å². The van der Waals surface area contributed by atoms with Crippen LogP contribution in [0.2, 0.25) is 4.34 Å². The largest absolute Gasteiger partial charge is 0.490 e. The molecular formula is C22H23ClN6O3S. The number of thiophene rings is 1. The number of likely N-dealkylation sites (N-methyl/N-ethyl adjacent to an activating group) is 1. The molecule has 2 aromatic heterocycles. The van der Waals surface area contributed by atoms with Crippen LogP contribution in [0.3, 0.4) is 0 Å². The van der Waals surface area contributed by atoms with Gasteiger partial charge in [-0.1, -0.05) is 17.7 Å². The number of rotatable bonds is 9. The number of hydrazine groups is 2. The maximum Gasteiger partial charge on any atom is 0.261 e. The molecule has 0 atom stereocenters. The van der Waals surface area contributed by atoms with E-state index in [0.29, 0.717) is 40.3 Å². The highest BCUT2D eigenvalue weighted by Gasteiger charge is 2.19. The number of pyridine rings is 1. The Kier molecular flexibility index (Phi) is 7.30. The predicted octanol–water partition coefficient (Wildman–Crippen LogP) is 2.25. The van der Waals surface area contributed by atoms with Gasteiger partial charge in [0.25, 0.3) is 11.5 Å². The summed E-state index contributed by atoms with van der Waals surface area (Å²) in [6.07, 6.45) is 3.54. The Morgan fingerprint density at radius 2 is 2.09 bits per heavy atom. The van der Waals surface area contributed by atoms with Gasteiger partial charge in [0.15, 0.2) is 0 Å². The van der Waals surface area contributed by atoms with Crippen molar-refractivity contribution in [3.05, 3.63) is 86.2 Å². The molecule has 0 unspecified atom stereocenters. The molecule has 0 bridgehead atoms. The van der Waals surface area contributed by atoms with Crippen molar-refractivity contribution in [1.82, 2.24) is 26.2 Å². The molecule has 33 heavy (non-hydrogen) atoms. The molecule has 1 amide bonds. The Balaban J connectivity index is 1.51. The topological polar surface area (TPSA) is 99.7 Å². The van der Waals surface area contributed by atoms with Crippen LogP contribution in [0.4, 0.5) is 5.69 Å². The van der Waals surface area contributed by atoms with Crippen LogP contribution in [-0.4, -0.2) is 37.2 Å². The molecule has 0 radical (unpaired) electrons. The van der Waals surface area contributed by atoms with Crippen LogP contribution < -0.4 is 36.9 Å². The first kappa shape index (κ1) is 22.9. The Morgan fingerprint density at radius 1 is 1.21 bits per heavy atom. The molecule has 4 rings (SSSR count). The van der Waals surface area contributed by atoms with E-state index in [9.17, 15) is 9.59 Å². The number of hydrogen-bond acceptors (Lipinski definition) is 8. The second-order valence-electron chi connectivity index (χ2n) is 7.06. The molecule has 4 N–H and O–H groups in total. The number of amides is 1. The van der Waals surface area contributed by atoms with Gasteiger partial charge in [0.1, 0.15) is 18.0 Å². The van der Waals surface area contributed by atoms with Crippen molar-refractivity contribution < 1.29 is 9.53 Å². The van der Waals surface area contributed by atoms with Crippen LogP contribution in [0.15, 0.2) is 71.4 Å². The molecule has 1 aromatic carbocycles. The van der Waals surface area contributed by atoms with Crippen molar-refractivity contribution in [1.29, 1.82) is 0 Å². The first-order valence-corrected chi connectivity index (χ1v) is 11.4. The summed E-state index contributed by atoms with van der Waals surface area (Å²) < 4.78 is 8.11. The summed E-state index contributed by atoms with van der Waals surface area (Å²) in [6.45, 7) is 1.42. The summed E-state index contributed by atoms with van der Waals surface area (Å²) in [7, 11) is 1.85. The zero-order valence-electron chi connectivity index (χ0n) is 17.8. The summed E-state index contributed by atoms with van der Waals surface area (Å²) in [5.74, 6) is 0.407. The summed E-state index contributed by atoms with van der Waals surface area (Å²) in [6, 6.07) is 13.9. The van der Waals surface area contributed by atoms with E-state index < -0.39 is 0 Å². The van der Waals surface area contributed by atoms with Crippen molar-refractivity contribution >= 4 is 34.5 Å². The molecule has 0 fully saturated rings. The third-order valence-electron chi connectivity index (χ3n) is 4.77. The van der Waals surface area contributed by atoms with Gasteiger partial charge in [-0.15, -0.1) is 16.9 Å². The second kappa shape index (κ2) is 10.5. The number of benzene rings is 1. The third kappa shape index (κ3) is 5.55. The van der Waals surface area contributed by atoms with Gasteiger partial charge in [-0.25, -0.2) is 0 Å². The first-order chi connectivity index (χ1) is 16.0. The van der Waals surface area contributed by atoms with Gasteiger partial charge in [0.2, 0.25) is 0 Å². The minimum absolute atomic E-state index is 0.127. The highest BCUT2D eigenvalue weighted by Crippen LogP contribution is 2.31. The van der Waals surface area contributed by atoms with E-state index in [1.807, 2.05) is 31.4 Å². The summed E-state index contributed by atoms with van der Waals surface area (Å²) in [5.41, 5.74) is 8.17. The Labute approximate surface area is 199 Å². The van der Waals surface area contributed by atoms with E-state index in [2.05, 4.69) is 21.6 Å². The second-order valence-corrected chi connectivity index (χ2v) is 8.78. The molecule has 11 heteroatoms. The van der Waals surface area contributed by atoms with Crippen molar-refractivity contribution in [2.75, 3.05) is 31.8 Å². The van der Waals surface area contributed by atoms with Crippen molar-refractivity contribution in [2.45, 2.75) is 0 Å². The van der Waals surface area contributed by atoms with Crippen LogP contribution in [-0.2, 0) is 0 Å². The van der Waals surface area contributed by atoms with Crippen molar-refractivity contribution in [3.63, 3.8) is 0 Å². The normalized spacial score (nSPS) is 12.9. The SMILES string of the molecule is CNCCOc1cc(-n2ccccc2=O)ccc1N1C=C(CNC(=O)c2ccc(Cl)s2)NN1. The van der Waals surface area contributed by atoms with Gasteiger partial charge in [-0.05, 0) is 37.4 Å². The van der Waals surface area contributed by atoms with Gasteiger partial charge in [0, 0.05) is 31.1 Å². The fraction of sp³-hybridized carbons (Fsp3) is 0.182. The molecule has 0 spiro atoms. The van der Waals surface area contributed by atoms with E-state index >= 15 is 0 Å². The van der Waals surface area contributed by atoms with Gasteiger partial charge >= 0.3 is 0 Å². The number of aromatic nitrogens is 1. The standard InChI is InChI=1S/C22H23ClN6O3S/c1-24-9-11-32-18-12-16(28-10-3-2-4-21(28)30)5-6-17(18)29-14-15(26-27-29)13-25-22(31)19-7-8-20(23)33-19/h2-8,10,12,14,24,26-27H,9,11,13H2,1H3,(H,25,31). The number of ether oxygens (including phenoxy) is 1. The zero-order valence-corrected chi connectivity index (χ0v) is 19.4. The lowest BCUT2D eigenvalue weighted by Crippen LogP contribution is -2.38. The smallest absolute Gasteiger partial charge is 0.261 e. The van der Waals surface area contributed by atoms with E-state index in [1.54, 1.807) is 40.0 Å². The molecule has 3 heterocycles. The number of carbonyl (C=O) groups excluding carboxylic acids is 1. The number of nitrogens with zero attached hydrogens (tertiary/aromatic N) is 2. The van der Waals surface area contributed by atoms with Crippen LogP contribution in [0.5, 0.6) is 5.75 Å². The summed E-state index contributed by atoms with van der Waals surface area (Å²) >= 11 is 7.13. The monoisotopic (exact) mass is 486 g/mol. The number of halogens is 1. The molecule has 3 aromatic rings. The fourth-order valence-corrected chi connectivity index (χ4v) is 4.10. The van der Waals surface area contributed by atoms with Crippen LogP contribution >= 0.6 is 22.9 Å². The Hall–Kier alpha value is -3.31. The predicted molar refractivity (Wildman–Crippen MR) is 130 cm³/mol. The molecule has 0 saturated heterocycles. The maximum atomic E-state index is 12.3. The third-order valence-corrected chi connectivity index (χ3v) is 6.00. The highest BCUT2D eigenvalue weighted by atomic mass is 35.5. The molecule has 0 saturated carbocycles.